The number of pyridine rings is 1. The Morgan fingerprint density at radius 3 is 2.55 bits per heavy atom. The summed E-state index contributed by atoms with van der Waals surface area (Å²) in [4.78, 5) is 19.6. The lowest BCUT2D eigenvalue weighted by molar-refractivity contribution is 0.0928. The number of aromatic nitrogens is 1. The second-order valence-corrected chi connectivity index (χ2v) is 8.62. The van der Waals surface area contributed by atoms with Gasteiger partial charge in [0.15, 0.2) is 0 Å². The molecule has 29 heavy (non-hydrogen) atoms. The molecule has 2 aliphatic rings. The molecule has 3 N–H and O–H groups in total. The van der Waals surface area contributed by atoms with Crippen molar-refractivity contribution in [2.75, 3.05) is 12.3 Å². The van der Waals surface area contributed by atoms with Gasteiger partial charge in [0, 0.05) is 30.4 Å². The van der Waals surface area contributed by atoms with E-state index in [1.165, 1.54) is 44.2 Å². The number of hydrogen-bond donors (Lipinski definition) is 2. The summed E-state index contributed by atoms with van der Waals surface area (Å²) in [5, 5.41) is 3.14. The SMILES string of the molecule is CC1CCCN1Cc1ccc(-c2cnc(N)c(C(=O)NC3CCCCC3)c2)cc1. The number of anilines is 1. The molecule has 1 amide bonds. The van der Waals surface area contributed by atoms with Gasteiger partial charge < -0.3 is 11.1 Å². The van der Waals surface area contributed by atoms with Gasteiger partial charge in [-0.1, -0.05) is 43.5 Å². The number of amides is 1. The van der Waals surface area contributed by atoms with Gasteiger partial charge in [-0.25, -0.2) is 4.98 Å². The number of benzene rings is 1. The predicted octanol–water partition coefficient (Wildman–Crippen LogP) is 4.38. The van der Waals surface area contributed by atoms with Crippen molar-refractivity contribution in [3.05, 3.63) is 47.7 Å². The Morgan fingerprint density at radius 1 is 1.10 bits per heavy atom. The molecular weight excluding hydrogens is 360 g/mol. The largest absolute Gasteiger partial charge is 0.383 e. The first-order valence-electron chi connectivity index (χ1n) is 11.0. The highest BCUT2D eigenvalue weighted by Crippen LogP contribution is 2.25. The third-order valence-corrected chi connectivity index (χ3v) is 6.47. The van der Waals surface area contributed by atoms with Crippen LogP contribution >= 0.6 is 0 Å². The Balaban J connectivity index is 1.46. The lowest BCUT2D eigenvalue weighted by Crippen LogP contribution is -2.36. The summed E-state index contributed by atoms with van der Waals surface area (Å²) >= 11 is 0. The number of carbonyl (C=O) groups excluding carboxylic acids is 1. The molecule has 2 heterocycles. The summed E-state index contributed by atoms with van der Waals surface area (Å²) in [6.45, 7) is 4.49. The van der Waals surface area contributed by atoms with Crippen LogP contribution in [0.1, 0.15) is 67.8 Å². The van der Waals surface area contributed by atoms with Crippen molar-refractivity contribution in [3.8, 4) is 11.1 Å². The fourth-order valence-corrected chi connectivity index (χ4v) is 4.59. The van der Waals surface area contributed by atoms with Gasteiger partial charge in [-0.05, 0) is 56.3 Å². The fraction of sp³-hybridized carbons (Fsp3) is 0.500. The third kappa shape index (κ3) is 4.78. The van der Waals surface area contributed by atoms with Crippen LogP contribution in [-0.2, 0) is 6.54 Å². The number of nitrogen functional groups attached to an aromatic ring is 1. The quantitative estimate of drug-likeness (QED) is 0.792. The number of nitrogens with two attached hydrogens (primary N) is 1. The summed E-state index contributed by atoms with van der Waals surface area (Å²) in [7, 11) is 0. The topological polar surface area (TPSA) is 71.2 Å². The molecule has 5 nitrogen and oxygen atoms in total. The van der Waals surface area contributed by atoms with Crippen LogP contribution in [0, 0.1) is 0 Å². The smallest absolute Gasteiger partial charge is 0.255 e. The molecule has 0 bridgehead atoms. The van der Waals surface area contributed by atoms with Crippen LogP contribution in [0.25, 0.3) is 11.1 Å². The Kier molecular flexibility index (Phi) is 6.14. The molecular formula is C24H32N4O. The average Bonchev–Trinajstić information content (AvgIpc) is 3.14. The molecule has 2 aromatic rings. The summed E-state index contributed by atoms with van der Waals surface area (Å²) in [6.07, 6.45) is 10.1. The molecule has 1 saturated heterocycles. The molecule has 1 atom stereocenters. The molecule has 4 rings (SSSR count). The highest BCUT2D eigenvalue weighted by atomic mass is 16.1. The monoisotopic (exact) mass is 392 g/mol. The number of carbonyl (C=O) groups is 1. The van der Waals surface area contributed by atoms with Crippen molar-refractivity contribution >= 4 is 11.7 Å². The number of nitrogens with one attached hydrogen (secondary N) is 1. The zero-order valence-electron chi connectivity index (χ0n) is 17.4. The molecule has 1 aliphatic heterocycles. The highest BCUT2D eigenvalue weighted by molar-refractivity contribution is 5.99. The molecule has 2 fully saturated rings. The summed E-state index contributed by atoms with van der Waals surface area (Å²) in [5.74, 6) is 0.185. The minimum atomic E-state index is -0.108. The van der Waals surface area contributed by atoms with Crippen molar-refractivity contribution in [1.29, 1.82) is 0 Å². The Labute approximate surface area is 173 Å². The molecule has 5 heteroatoms. The van der Waals surface area contributed by atoms with Crippen molar-refractivity contribution in [2.45, 2.75) is 70.5 Å². The number of rotatable bonds is 5. The van der Waals surface area contributed by atoms with Crippen molar-refractivity contribution < 1.29 is 4.79 Å². The predicted molar refractivity (Wildman–Crippen MR) is 118 cm³/mol. The van der Waals surface area contributed by atoms with Crippen LogP contribution in [0.15, 0.2) is 36.5 Å². The zero-order chi connectivity index (χ0) is 20.2. The van der Waals surface area contributed by atoms with E-state index in [0.29, 0.717) is 17.4 Å². The van der Waals surface area contributed by atoms with Crippen molar-refractivity contribution in [3.63, 3.8) is 0 Å². The molecule has 1 unspecified atom stereocenters. The Bertz CT molecular complexity index is 842. The summed E-state index contributed by atoms with van der Waals surface area (Å²) in [6, 6.07) is 11.4. The molecule has 1 saturated carbocycles. The standard InChI is InChI=1S/C24H32N4O/c1-17-6-5-13-28(17)16-18-9-11-19(12-10-18)20-14-22(23(25)26-15-20)24(29)27-21-7-3-2-4-8-21/h9-12,14-15,17,21H,2-8,13,16H2,1H3,(H2,25,26)(H,27,29). The summed E-state index contributed by atoms with van der Waals surface area (Å²) in [5.41, 5.74) is 9.80. The maximum Gasteiger partial charge on any atom is 0.255 e. The normalized spacial score (nSPS) is 20.7. The van der Waals surface area contributed by atoms with Crippen LogP contribution in [0.4, 0.5) is 5.82 Å². The van der Waals surface area contributed by atoms with Crippen LogP contribution < -0.4 is 11.1 Å². The van der Waals surface area contributed by atoms with E-state index in [4.69, 9.17) is 5.73 Å². The molecule has 1 aromatic carbocycles. The Hall–Kier alpha value is -2.40. The number of nitrogens with zero attached hydrogens (tertiary/aromatic N) is 2. The van der Waals surface area contributed by atoms with E-state index >= 15 is 0 Å². The average molecular weight is 393 g/mol. The van der Waals surface area contributed by atoms with Crippen molar-refractivity contribution in [1.82, 2.24) is 15.2 Å². The van der Waals surface area contributed by atoms with Gasteiger partial charge in [0.25, 0.3) is 5.91 Å². The minimum Gasteiger partial charge on any atom is -0.383 e. The van der Waals surface area contributed by atoms with Crippen LogP contribution in [-0.4, -0.2) is 34.4 Å². The van der Waals surface area contributed by atoms with E-state index in [1.807, 2.05) is 6.07 Å². The number of hydrogen-bond acceptors (Lipinski definition) is 4. The first-order valence-corrected chi connectivity index (χ1v) is 11.0. The second kappa shape index (κ2) is 8.95. The van der Waals surface area contributed by atoms with E-state index in [2.05, 4.69) is 46.4 Å². The lowest BCUT2D eigenvalue weighted by atomic mass is 9.95. The zero-order valence-corrected chi connectivity index (χ0v) is 17.4. The third-order valence-electron chi connectivity index (χ3n) is 6.47. The van der Waals surface area contributed by atoms with Gasteiger partial charge in [0.1, 0.15) is 5.82 Å². The fourth-order valence-electron chi connectivity index (χ4n) is 4.59. The van der Waals surface area contributed by atoms with Crippen LogP contribution in [0.3, 0.4) is 0 Å². The Morgan fingerprint density at radius 2 is 1.86 bits per heavy atom. The molecule has 0 radical (unpaired) electrons. The van der Waals surface area contributed by atoms with E-state index in [9.17, 15) is 4.79 Å². The minimum absolute atomic E-state index is 0.108. The van der Waals surface area contributed by atoms with Gasteiger partial charge >= 0.3 is 0 Å². The highest BCUT2D eigenvalue weighted by Gasteiger charge is 2.21. The molecule has 1 aliphatic carbocycles. The van der Waals surface area contributed by atoms with Gasteiger partial charge in [-0.3, -0.25) is 9.69 Å². The van der Waals surface area contributed by atoms with E-state index < -0.39 is 0 Å². The van der Waals surface area contributed by atoms with E-state index in [-0.39, 0.29) is 11.9 Å². The maximum atomic E-state index is 12.8. The van der Waals surface area contributed by atoms with Crippen LogP contribution in [0.5, 0.6) is 0 Å². The van der Waals surface area contributed by atoms with Crippen LogP contribution in [0.2, 0.25) is 0 Å². The van der Waals surface area contributed by atoms with Gasteiger partial charge in [0.2, 0.25) is 0 Å². The first kappa shape index (κ1) is 19.9. The lowest BCUT2D eigenvalue weighted by Gasteiger charge is -2.23. The van der Waals surface area contributed by atoms with Crippen molar-refractivity contribution in [2.24, 2.45) is 0 Å². The van der Waals surface area contributed by atoms with Gasteiger partial charge in [-0.2, -0.15) is 0 Å². The van der Waals surface area contributed by atoms with Gasteiger partial charge in [0.05, 0.1) is 5.56 Å². The maximum absolute atomic E-state index is 12.8. The molecule has 0 spiro atoms. The molecule has 154 valence electrons. The first-order chi connectivity index (χ1) is 14.1. The van der Waals surface area contributed by atoms with E-state index in [1.54, 1.807) is 6.20 Å². The summed E-state index contributed by atoms with van der Waals surface area (Å²) < 4.78 is 0. The van der Waals surface area contributed by atoms with Gasteiger partial charge in [-0.15, -0.1) is 0 Å². The molecule has 1 aromatic heterocycles. The van der Waals surface area contributed by atoms with E-state index in [0.717, 1.165) is 30.5 Å². The second-order valence-electron chi connectivity index (χ2n) is 8.62. The number of likely N-dealkylation sites (tertiary alicyclic amines) is 1.